The molecule has 2 nitrogen and oxygen atoms in total. The number of carbonyl (C=O) groups excluding carboxylic acids is 1. The molecule has 17 heavy (non-hydrogen) atoms. The van der Waals surface area contributed by atoms with E-state index in [0.29, 0.717) is 16.5 Å². The molecule has 2 rings (SSSR count). The zero-order chi connectivity index (χ0) is 12.4. The van der Waals surface area contributed by atoms with E-state index in [9.17, 15) is 4.79 Å². The van der Waals surface area contributed by atoms with E-state index in [-0.39, 0.29) is 5.91 Å². The normalized spacial score (nSPS) is 16.6. The van der Waals surface area contributed by atoms with E-state index < -0.39 is 0 Å². The first-order valence-corrected chi connectivity index (χ1v) is 6.98. The van der Waals surface area contributed by atoms with Crippen molar-refractivity contribution in [3.05, 3.63) is 33.3 Å². The molecule has 0 saturated heterocycles. The number of hydrogen-bond acceptors (Lipinski definition) is 1. The van der Waals surface area contributed by atoms with Crippen molar-refractivity contribution in [2.45, 2.75) is 19.8 Å². The molecule has 1 aliphatic carbocycles. The maximum absolute atomic E-state index is 11.9. The monoisotopic (exact) mass is 315 g/mol. The van der Waals surface area contributed by atoms with Gasteiger partial charge in [-0.2, -0.15) is 0 Å². The summed E-state index contributed by atoms with van der Waals surface area (Å²) in [7, 11) is 0. The Bertz CT molecular complexity index is 431. The molecule has 1 amide bonds. The van der Waals surface area contributed by atoms with Gasteiger partial charge in [0.05, 0.1) is 5.02 Å². The van der Waals surface area contributed by atoms with Gasteiger partial charge in [-0.15, -0.1) is 0 Å². The average molecular weight is 317 g/mol. The Hall–Kier alpha value is -0.540. The van der Waals surface area contributed by atoms with Crippen LogP contribution in [-0.4, -0.2) is 12.5 Å². The van der Waals surface area contributed by atoms with Gasteiger partial charge in [0, 0.05) is 16.6 Å². The van der Waals surface area contributed by atoms with Crippen molar-refractivity contribution in [3.8, 4) is 0 Å². The Morgan fingerprint density at radius 1 is 1.59 bits per heavy atom. The summed E-state index contributed by atoms with van der Waals surface area (Å²) in [5.41, 5.74) is 0.612. The molecule has 0 heterocycles. The second-order valence-corrected chi connectivity index (χ2v) is 5.92. The van der Waals surface area contributed by atoms with Crippen LogP contribution >= 0.6 is 27.5 Å². The maximum Gasteiger partial charge on any atom is 0.251 e. The molecule has 1 saturated carbocycles. The van der Waals surface area contributed by atoms with Crippen molar-refractivity contribution in [2.75, 3.05) is 6.54 Å². The lowest BCUT2D eigenvalue weighted by Gasteiger charge is -2.11. The second kappa shape index (κ2) is 5.40. The molecule has 1 aliphatic rings. The molecule has 1 aromatic rings. The van der Waals surface area contributed by atoms with E-state index in [4.69, 9.17) is 11.6 Å². The maximum atomic E-state index is 11.9. The molecular weight excluding hydrogens is 302 g/mol. The zero-order valence-corrected chi connectivity index (χ0v) is 12.0. The van der Waals surface area contributed by atoms with Crippen molar-refractivity contribution in [3.63, 3.8) is 0 Å². The molecule has 1 atom stereocenters. The van der Waals surface area contributed by atoms with Crippen LogP contribution in [0, 0.1) is 11.8 Å². The number of carbonyl (C=O) groups is 1. The summed E-state index contributed by atoms with van der Waals surface area (Å²) in [5.74, 6) is 1.33. The highest BCUT2D eigenvalue weighted by atomic mass is 79.9. The molecule has 0 aromatic heterocycles. The highest BCUT2D eigenvalue weighted by molar-refractivity contribution is 9.10. The van der Waals surface area contributed by atoms with Gasteiger partial charge in [-0.25, -0.2) is 0 Å². The van der Waals surface area contributed by atoms with Crippen LogP contribution in [0.15, 0.2) is 22.7 Å². The average Bonchev–Trinajstić information content (AvgIpc) is 3.13. The molecule has 4 heteroatoms. The highest BCUT2D eigenvalue weighted by Crippen LogP contribution is 2.36. The standard InChI is InChI=1S/C13H15BrClNO/c1-8(9-2-3-9)7-16-13(17)10-4-5-11(14)12(15)6-10/h4-6,8-9H,2-3,7H2,1H3,(H,16,17). The molecule has 0 radical (unpaired) electrons. The van der Waals surface area contributed by atoms with Gasteiger partial charge in [0.2, 0.25) is 0 Å². The summed E-state index contributed by atoms with van der Waals surface area (Å²) in [6.07, 6.45) is 2.61. The second-order valence-electron chi connectivity index (χ2n) is 4.65. The number of rotatable bonds is 4. The molecule has 0 spiro atoms. The van der Waals surface area contributed by atoms with Crippen LogP contribution in [0.5, 0.6) is 0 Å². The zero-order valence-electron chi connectivity index (χ0n) is 9.67. The van der Waals surface area contributed by atoms with Crippen LogP contribution in [0.1, 0.15) is 30.1 Å². The summed E-state index contributed by atoms with van der Waals surface area (Å²) in [6.45, 7) is 2.93. The van der Waals surface area contributed by atoms with Gasteiger partial charge in [-0.1, -0.05) is 18.5 Å². The minimum Gasteiger partial charge on any atom is -0.352 e. The largest absolute Gasteiger partial charge is 0.352 e. The Morgan fingerprint density at radius 2 is 2.29 bits per heavy atom. The fourth-order valence-electron chi connectivity index (χ4n) is 1.83. The fourth-order valence-corrected chi connectivity index (χ4v) is 2.25. The van der Waals surface area contributed by atoms with Crippen molar-refractivity contribution in [1.82, 2.24) is 5.32 Å². The summed E-state index contributed by atoms with van der Waals surface area (Å²) in [6, 6.07) is 5.25. The molecule has 0 bridgehead atoms. The summed E-state index contributed by atoms with van der Waals surface area (Å²) < 4.78 is 0.807. The van der Waals surface area contributed by atoms with Crippen LogP contribution in [0.4, 0.5) is 0 Å². The number of nitrogens with one attached hydrogen (secondary N) is 1. The van der Waals surface area contributed by atoms with E-state index in [2.05, 4.69) is 28.2 Å². The smallest absolute Gasteiger partial charge is 0.251 e. The number of amides is 1. The Labute approximate surface area is 115 Å². The Morgan fingerprint density at radius 3 is 2.88 bits per heavy atom. The third kappa shape index (κ3) is 3.46. The highest BCUT2D eigenvalue weighted by Gasteiger charge is 2.27. The van der Waals surface area contributed by atoms with Crippen LogP contribution < -0.4 is 5.32 Å². The lowest BCUT2D eigenvalue weighted by atomic mass is 10.1. The minimum absolute atomic E-state index is 0.0492. The molecule has 0 aliphatic heterocycles. The number of halogens is 2. The van der Waals surface area contributed by atoms with E-state index >= 15 is 0 Å². The molecule has 1 aromatic carbocycles. The van der Waals surface area contributed by atoms with Gasteiger partial charge in [0.1, 0.15) is 0 Å². The van der Waals surface area contributed by atoms with Gasteiger partial charge in [0.15, 0.2) is 0 Å². The predicted molar refractivity (Wildman–Crippen MR) is 73.4 cm³/mol. The van der Waals surface area contributed by atoms with E-state index in [1.54, 1.807) is 18.2 Å². The third-order valence-corrected chi connectivity index (χ3v) is 4.43. The summed E-state index contributed by atoms with van der Waals surface area (Å²) in [5, 5.41) is 3.52. The van der Waals surface area contributed by atoms with E-state index in [1.165, 1.54) is 12.8 Å². The van der Waals surface area contributed by atoms with Crippen molar-refractivity contribution < 1.29 is 4.79 Å². The Kier molecular flexibility index (Phi) is 4.10. The van der Waals surface area contributed by atoms with Crippen LogP contribution in [-0.2, 0) is 0 Å². The third-order valence-electron chi connectivity index (χ3n) is 3.19. The van der Waals surface area contributed by atoms with Crippen LogP contribution in [0.25, 0.3) is 0 Å². The molecular formula is C13H15BrClNO. The topological polar surface area (TPSA) is 29.1 Å². The molecule has 92 valence electrons. The van der Waals surface area contributed by atoms with E-state index in [1.807, 2.05) is 0 Å². The number of benzene rings is 1. The van der Waals surface area contributed by atoms with Gasteiger partial charge in [-0.3, -0.25) is 4.79 Å². The van der Waals surface area contributed by atoms with E-state index in [0.717, 1.165) is 16.9 Å². The van der Waals surface area contributed by atoms with Gasteiger partial charge in [-0.05, 0) is 58.8 Å². The summed E-state index contributed by atoms with van der Waals surface area (Å²) in [4.78, 5) is 11.9. The van der Waals surface area contributed by atoms with Gasteiger partial charge < -0.3 is 5.32 Å². The van der Waals surface area contributed by atoms with Crippen molar-refractivity contribution in [1.29, 1.82) is 0 Å². The first-order chi connectivity index (χ1) is 8.08. The molecule has 1 unspecified atom stereocenters. The van der Waals surface area contributed by atoms with Crippen LogP contribution in [0.2, 0.25) is 5.02 Å². The Balaban J connectivity index is 1.92. The SMILES string of the molecule is CC(CNC(=O)c1ccc(Br)c(Cl)c1)C1CC1. The first kappa shape index (κ1) is 12.9. The molecule has 1 N–H and O–H groups in total. The predicted octanol–water partition coefficient (Wildman–Crippen LogP) is 3.88. The molecule has 1 fully saturated rings. The lowest BCUT2D eigenvalue weighted by molar-refractivity contribution is 0.0946. The lowest BCUT2D eigenvalue weighted by Crippen LogP contribution is -2.28. The number of hydrogen-bond donors (Lipinski definition) is 1. The quantitative estimate of drug-likeness (QED) is 0.897. The van der Waals surface area contributed by atoms with Crippen LogP contribution in [0.3, 0.4) is 0 Å². The fraction of sp³-hybridized carbons (Fsp3) is 0.462. The van der Waals surface area contributed by atoms with Gasteiger partial charge in [0.25, 0.3) is 5.91 Å². The first-order valence-electron chi connectivity index (χ1n) is 5.81. The van der Waals surface area contributed by atoms with Gasteiger partial charge >= 0.3 is 0 Å². The minimum atomic E-state index is -0.0492. The van der Waals surface area contributed by atoms with Crippen molar-refractivity contribution >= 4 is 33.4 Å². The summed E-state index contributed by atoms with van der Waals surface area (Å²) >= 11 is 9.26. The van der Waals surface area contributed by atoms with Crippen molar-refractivity contribution in [2.24, 2.45) is 11.8 Å².